The van der Waals surface area contributed by atoms with Crippen LogP contribution in [0.4, 0.5) is 0 Å². The van der Waals surface area contributed by atoms with E-state index < -0.39 is 0 Å². The molecule has 0 saturated carbocycles. The zero-order valence-electron chi connectivity index (χ0n) is 7.08. The van der Waals surface area contributed by atoms with Crippen molar-refractivity contribution in [3.8, 4) is 0 Å². The minimum absolute atomic E-state index is 0.118. The van der Waals surface area contributed by atoms with Gasteiger partial charge in [-0.25, -0.2) is 9.97 Å². The Bertz CT molecular complexity index is 435. The molecule has 3 N–H and O–H groups in total. The molecule has 0 spiro atoms. The molecule has 2 aromatic heterocycles. The second kappa shape index (κ2) is 2.97. The summed E-state index contributed by atoms with van der Waals surface area (Å²) in [5.41, 5.74) is 7.13. The number of fused-ring (bicyclic) bond motifs is 1. The molecule has 0 aliphatic carbocycles. The van der Waals surface area contributed by atoms with E-state index in [4.69, 9.17) is 17.3 Å². The first-order valence-electron chi connectivity index (χ1n) is 3.94. The Hall–Kier alpha value is -1.13. The van der Waals surface area contributed by atoms with Crippen LogP contribution in [0.25, 0.3) is 11.2 Å². The summed E-state index contributed by atoms with van der Waals surface area (Å²) in [5.74, 6) is 0.727. The molecule has 0 aliphatic heterocycles. The summed E-state index contributed by atoms with van der Waals surface area (Å²) in [5, 5.41) is 0.440. The van der Waals surface area contributed by atoms with Gasteiger partial charge in [0, 0.05) is 0 Å². The lowest BCUT2D eigenvalue weighted by Gasteiger charge is -1.96. The van der Waals surface area contributed by atoms with E-state index in [2.05, 4.69) is 15.0 Å². The maximum absolute atomic E-state index is 5.71. The second-order valence-corrected chi connectivity index (χ2v) is 3.30. The topological polar surface area (TPSA) is 67.6 Å². The Kier molecular flexibility index (Phi) is 1.94. The van der Waals surface area contributed by atoms with E-state index in [1.165, 1.54) is 0 Å². The van der Waals surface area contributed by atoms with Crippen LogP contribution in [-0.4, -0.2) is 15.0 Å². The molecule has 0 aliphatic rings. The summed E-state index contributed by atoms with van der Waals surface area (Å²) in [6.45, 7) is 1.86. The van der Waals surface area contributed by atoms with Gasteiger partial charge in [-0.3, -0.25) is 0 Å². The van der Waals surface area contributed by atoms with Crippen LogP contribution in [0.5, 0.6) is 0 Å². The third-order valence-corrected chi connectivity index (χ3v) is 1.97. The summed E-state index contributed by atoms with van der Waals surface area (Å²) in [4.78, 5) is 11.3. The van der Waals surface area contributed by atoms with E-state index in [9.17, 15) is 0 Å². The number of rotatable bonds is 1. The number of H-pyrrole nitrogens is 1. The summed E-state index contributed by atoms with van der Waals surface area (Å²) in [7, 11) is 0. The molecule has 0 aromatic carbocycles. The summed E-state index contributed by atoms with van der Waals surface area (Å²) >= 11 is 5.71. The van der Waals surface area contributed by atoms with Crippen LogP contribution in [0.2, 0.25) is 5.15 Å². The van der Waals surface area contributed by atoms with Gasteiger partial charge in [0.05, 0.1) is 11.6 Å². The largest absolute Gasteiger partial charge is 0.339 e. The van der Waals surface area contributed by atoms with Gasteiger partial charge in [-0.1, -0.05) is 11.6 Å². The normalized spacial score (nSPS) is 13.5. The maximum Gasteiger partial charge on any atom is 0.179 e. The van der Waals surface area contributed by atoms with Crippen LogP contribution < -0.4 is 5.73 Å². The highest BCUT2D eigenvalue weighted by atomic mass is 35.5. The molecule has 13 heavy (non-hydrogen) atoms. The number of halogens is 1. The van der Waals surface area contributed by atoms with Crippen LogP contribution in [-0.2, 0) is 0 Å². The van der Waals surface area contributed by atoms with Crippen LogP contribution in [0.15, 0.2) is 12.1 Å². The fourth-order valence-electron chi connectivity index (χ4n) is 1.10. The first kappa shape index (κ1) is 8.47. The lowest BCUT2D eigenvalue weighted by atomic mass is 10.3. The molecule has 4 nitrogen and oxygen atoms in total. The van der Waals surface area contributed by atoms with Crippen molar-refractivity contribution in [2.75, 3.05) is 0 Å². The maximum atomic E-state index is 5.71. The highest BCUT2D eigenvalue weighted by Gasteiger charge is 2.07. The molecule has 2 rings (SSSR count). The molecule has 68 valence electrons. The molecule has 0 saturated heterocycles. The number of hydrogen-bond donors (Lipinski definition) is 2. The summed E-state index contributed by atoms with van der Waals surface area (Å²) < 4.78 is 0. The smallest absolute Gasteiger partial charge is 0.179 e. The summed E-state index contributed by atoms with van der Waals surface area (Å²) in [6, 6.07) is 3.43. The van der Waals surface area contributed by atoms with Gasteiger partial charge in [-0.2, -0.15) is 0 Å². The molecular formula is C8H9ClN4. The van der Waals surface area contributed by atoms with Crippen LogP contribution in [0.1, 0.15) is 18.8 Å². The fourth-order valence-corrected chi connectivity index (χ4v) is 1.25. The van der Waals surface area contributed by atoms with Crippen molar-refractivity contribution in [2.45, 2.75) is 13.0 Å². The number of aromatic amines is 1. The zero-order valence-corrected chi connectivity index (χ0v) is 7.84. The molecule has 1 unspecified atom stereocenters. The van der Waals surface area contributed by atoms with E-state index in [1.54, 1.807) is 6.07 Å². The van der Waals surface area contributed by atoms with Gasteiger partial charge < -0.3 is 10.7 Å². The van der Waals surface area contributed by atoms with Gasteiger partial charge >= 0.3 is 0 Å². The number of aromatic nitrogens is 3. The zero-order chi connectivity index (χ0) is 9.42. The molecule has 2 heterocycles. The average Bonchev–Trinajstić information content (AvgIpc) is 2.46. The number of nitrogens with zero attached hydrogens (tertiary/aromatic N) is 2. The number of nitrogens with two attached hydrogens (primary N) is 1. The van der Waals surface area contributed by atoms with Crippen molar-refractivity contribution in [2.24, 2.45) is 5.73 Å². The van der Waals surface area contributed by atoms with Crippen molar-refractivity contribution < 1.29 is 0 Å². The third-order valence-electron chi connectivity index (χ3n) is 1.76. The minimum Gasteiger partial charge on any atom is -0.339 e. The number of imidazole rings is 1. The number of nitrogens with one attached hydrogen (secondary N) is 1. The van der Waals surface area contributed by atoms with Gasteiger partial charge in [0.1, 0.15) is 11.0 Å². The average molecular weight is 197 g/mol. The minimum atomic E-state index is -0.118. The lowest BCUT2D eigenvalue weighted by Crippen LogP contribution is -2.06. The van der Waals surface area contributed by atoms with Crippen molar-refractivity contribution in [3.63, 3.8) is 0 Å². The van der Waals surface area contributed by atoms with E-state index in [-0.39, 0.29) is 6.04 Å². The Morgan fingerprint density at radius 2 is 2.23 bits per heavy atom. The predicted molar refractivity (Wildman–Crippen MR) is 51.5 cm³/mol. The quantitative estimate of drug-likeness (QED) is 0.682. The van der Waals surface area contributed by atoms with Gasteiger partial charge in [0.2, 0.25) is 0 Å². The van der Waals surface area contributed by atoms with Gasteiger partial charge in [0.15, 0.2) is 5.65 Å². The fraction of sp³-hybridized carbons (Fsp3) is 0.250. The molecular weight excluding hydrogens is 188 g/mol. The molecule has 0 bridgehead atoms. The Balaban J connectivity index is 2.62. The van der Waals surface area contributed by atoms with E-state index >= 15 is 0 Å². The Labute approximate surface area is 80.1 Å². The number of pyridine rings is 1. The van der Waals surface area contributed by atoms with Gasteiger partial charge in [0.25, 0.3) is 0 Å². The molecule has 2 aromatic rings. The monoisotopic (exact) mass is 196 g/mol. The molecule has 0 radical (unpaired) electrons. The predicted octanol–water partition coefficient (Wildman–Crippen LogP) is 1.63. The highest BCUT2D eigenvalue weighted by molar-refractivity contribution is 6.29. The Morgan fingerprint density at radius 3 is 2.92 bits per heavy atom. The van der Waals surface area contributed by atoms with Crippen LogP contribution in [0, 0.1) is 0 Å². The molecule has 0 fully saturated rings. The lowest BCUT2D eigenvalue weighted by molar-refractivity contribution is 0.759. The SMILES string of the molecule is CC(N)c1nc2nc(Cl)ccc2[nH]1. The third kappa shape index (κ3) is 1.50. The van der Waals surface area contributed by atoms with Crippen molar-refractivity contribution in [1.29, 1.82) is 0 Å². The van der Waals surface area contributed by atoms with Crippen LogP contribution in [0.3, 0.4) is 0 Å². The van der Waals surface area contributed by atoms with Crippen LogP contribution >= 0.6 is 11.6 Å². The molecule has 1 atom stereocenters. The van der Waals surface area contributed by atoms with Gasteiger partial charge in [-0.05, 0) is 19.1 Å². The first-order valence-corrected chi connectivity index (χ1v) is 4.32. The first-order chi connectivity index (χ1) is 6.16. The molecule has 5 heteroatoms. The number of hydrogen-bond acceptors (Lipinski definition) is 3. The second-order valence-electron chi connectivity index (χ2n) is 2.92. The van der Waals surface area contributed by atoms with Crippen molar-refractivity contribution in [1.82, 2.24) is 15.0 Å². The Morgan fingerprint density at radius 1 is 1.46 bits per heavy atom. The van der Waals surface area contributed by atoms with Gasteiger partial charge in [-0.15, -0.1) is 0 Å². The highest BCUT2D eigenvalue weighted by Crippen LogP contribution is 2.15. The van der Waals surface area contributed by atoms with E-state index in [0.717, 1.165) is 11.3 Å². The summed E-state index contributed by atoms with van der Waals surface area (Å²) in [6.07, 6.45) is 0. The van der Waals surface area contributed by atoms with Crippen molar-refractivity contribution >= 4 is 22.8 Å². The standard InChI is InChI=1S/C8H9ClN4/c1-4(10)7-11-5-2-3-6(9)12-8(5)13-7/h2-4H,10H2,1H3,(H,11,12,13). The van der Waals surface area contributed by atoms with Crippen molar-refractivity contribution in [3.05, 3.63) is 23.1 Å². The van der Waals surface area contributed by atoms with E-state index in [1.807, 2.05) is 13.0 Å². The van der Waals surface area contributed by atoms with E-state index in [0.29, 0.717) is 10.8 Å². The molecule has 0 amide bonds.